The minimum atomic E-state index is -0.299. The first kappa shape index (κ1) is 20.2. The van der Waals surface area contributed by atoms with E-state index in [1.165, 1.54) is 5.56 Å². The van der Waals surface area contributed by atoms with Gasteiger partial charge in [-0.3, -0.25) is 9.59 Å². The molecule has 0 unspecified atom stereocenters. The standard InChI is InChI=1S/C21H29N3O2.ClH/c22-19(17-6-7-17)20(26)23-12-10-21(11-13-23)9-8-18(25)24(15-21)14-16-4-2-1-3-5-16;/h1-5,17,19H,6-15,22H2;1H/t19-;/m0./s1. The first-order valence-corrected chi connectivity index (χ1v) is 9.92. The first-order chi connectivity index (χ1) is 12.6. The number of hydrogen-bond donors (Lipinski definition) is 1. The first-order valence-electron chi connectivity index (χ1n) is 9.92. The highest BCUT2D eigenvalue weighted by molar-refractivity contribution is 5.85. The molecule has 1 aromatic carbocycles. The molecule has 27 heavy (non-hydrogen) atoms. The van der Waals surface area contributed by atoms with E-state index < -0.39 is 0 Å². The van der Waals surface area contributed by atoms with Gasteiger partial charge < -0.3 is 15.5 Å². The van der Waals surface area contributed by atoms with Crippen LogP contribution in [-0.4, -0.2) is 47.3 Å². The Labute approximate surface area is 167 Å². The van der Waals surface area contributed by atoms with Gasteiger partial charge in [-0.25, -0.2) is 0 Å². The molecule has 1 atom stereocenters. The van der Waals surface area contributed by atoms with Gasteiger partial charge in [-0.2, -0.15) is 0 Å². The minimum Gasteiger partial charge on any atom is -0.341 e. The molecule has 2 aliphatic heterocycles. The zero-order chi connectivity index (χ0) is 18.1. The van der Waals surface area contributed by atoms with E-state index in [2.05, 4.69) is 12.1 Å². The number of benzene rings is 1. The lowest BCUT2D eigenvalue weighted by molar-refractivity contribution is -0.143. The molecule has 3 fully saturated rings. The van der Waals surface area contributed by atoms with Crippen molar-refractivity contribution in [2.24, 2.45) is 17.1 Å². The summed E-state index contributed by atoms with van der Waals surface area (Å²) in [7, 11) is 0. The van der Waals surface area contributed by atoms with Crippen LogP contribution in [0.4, 0.5) is 0 Å². The molecule has 4 rings (SSSR count). The van der Waals surface area contributed by atoms with E-state index in [9.17, 15) is 9.59 Å². The number of nitrogens with two attached hydrogens (primary N) is 1. The highest BCUT2D eigenvalue weighted by Gasteiger charge is 2.43. The molecule has 0 radical (unpaired) electrons. The third-order valence-electron chi connectivity index (χ3n) is 6.52. The van der Waals surface area contributed by atoms with Crippen LogP contribution in [0.3, 0.4) is 0 Å². The summed E-state index contributed by atoms with van der Waals surface area (Å²) in [4.78, 5) is 28.9. The quantitative estimate of drug-likeness (QED) is 0.857. The van der Waals surface area contributed by atoms with Crippen molar-refractivity contribution in [2.75, 3.05) is 19.6 Å². The summed E-state index contributed by atoms with van der Waals surface area (Å²) in [6.45, 7) is 3.08. The predicted octanol–water partition coefficient (Wildman–Crippen LogP) is 2.58. The van der Waals surface area contributed by atoms with Gasteiger partial charge in [0.1, 0.15) is 0 Å². The average molecular weight is 392 g/mol. The van der Waals surface area contributed by atoms with Gasteiger partial charge >= 0.3 is 0 Å². The Morgan fingerprint density at radius 3 is 2.44 bits per heavy atom. The second kappa shape index (κ2) is 8.19. The summed E-state index contributed by atoms with van der Waals surface area (Å²) in [5.41, 5.74) is 7.46. The number of piperidine rings is 2. The van der Waals surface area contributed by atoms with Crippen molar-refractivity contribution >= 4 is 24.2 Å². The largest absolute Gasteiger partial charge is 0.341 e. The molecular weight excluding hydrogens is 362 g/mol. The fourth-order valence-electron chi connectivity index (χ4n) is 4.53. The summed E-state index contributed by atoms with van der Waals surface area (Å²) < 4.78 is 0. The molecule has 6 heteroatoms. The van der Waals surface area contributed by atoms with Crippen LogP contribution in [0, 0.1) is 11.3 Å². The number of carbonyl (C=O) groups excluding carboxylic acids is 2. The molecule has 2 saturated heterocycles. The summed E-state index contributed by atoms with van der Waals surface area (Å²) in [5.74, 6) is 0.802. The van der Waals surface area contributed by atoms with Crippen molar-refractivity contribution in [1.82, 2.24) is 9.80 Å². The molecule has 5 nitrogen and oxygen atoms in total. The Morgan fingerprint density at radius 1 is 1.15 bits per heavy atom. The second-order valence-electron chi connectivity index (χ2n) is 8.42. The number of halogens is 1. The van der Waals surface area contributed by atoms with Gasteiger partial charge in [0, 0.05) is 32.6 Å². The van der Waals surface area contributed by atoms with Crippen LogP contribution in [0.25, 0.3) is 0 Å². The van der Waals surface area contributed by atoms with E-state index in [-0.39, 0.29) is 35.7 Å². The highest BCUT2D eigenvalue weighted by atomic mass is 35.5. The topological polar surface area (TPSA) is 66.6 Å². The minimum absolute atomic E-state index is 0. The Bertz CT molecular complexity index is 669. The Morgan fingerprint density at radius 2 is 1.81 bits per heavy atom. The fourth-order valence-corrected chi connectivity index (χ4v) is 4.53. The van der Waals surface area contributed by atoms with Crippen molar-refractivity contribution in [1.29, 1.82) is 0 Å². The average Bonchev–Trinajstić information content (AvgIpc) is 3.51. The van der Waals surface area contributed by atoms with Crippen LogP contribution in [0.1, 0.15) is 44.1 Å². The smallest absolute Gasteiger partial charge is 0.239 e. The fraction of sp³-hybridized carbons (Fsp3) is 0.619. The SMILES string of the molecule is Cl.N[C@H](C(=O)N1CCC2(CCC(=O)N(Cc3ccccc3)C2)CC1)C1CC1. The van der Waals surface area contributed by atoms with Gasteiger partial charge in [0.15, 0.2) is 0 Å². The predicted molar refractivity (Wildman–Crippen MR) is 107 cm³/mol. The Balaban J connectivity index is 0.00000210. The normalized spacial score (nSPS) is 23.1. The molecule has 1 aromatic rings. The van der Waals surface area contributed by atoms with E-state index in [4.69, 9.17) is 5.73 Å². The lowest BCUT2D eigenvalue weighted by atomic mass is 9.72. The molecule has 2 N–H and O–H groups in total. The van der Waals surface area contributed by atoms with E-state index in [0.717, 1.165) is 51.7 Å². The van der Waals surface area contributed by atoms with Crippen LogP contribution >= 0.6 is 12.4 Å². The summed E-state index contributed by atoms with van der Waals surface area (Å²) >= 11 is 0. The molecule has 2 amide bonds. The lowest BCUT2D eigenvalue weighted by Gasteiger charge is -2.47. The van der Waals surface area contributed by atoms with Crippen LogP contribution in [0.15, 0.2) is 30.3 Å². The van der Waals surface area contributed by atoms with Crippen LogP contribution in [-0.2, 0) is 16.1 Å². The highest BCUT2D eigenvalue weighted by Crippen LogP contribution is 2.41. The molecule has 0 aromatic heterocycles. The van der Waals surface area contributed by atoms with E-state index in [0.29, 0.717) is 18.9 Å². The van der Waals surface area contributed by atoms with Crippen molar-refractivity contribution < 1.29 is 9.59 Å². The third kappa shape index (κ3) is 4.46. The molecular formula is C21H30ClN3O2. The van der Waals surface area contributed by atoms with Gasteiger partial charge in [0.05, 0.1) is 6.04 Å². The summed E-state index contributed by atoms with van der Waals surface area (Å²) in [6, 6.07) is 9.90. The van der Waals surface area contributed by atoms with Gasteiger partial charge in [-0.15, -0.1) is 12.4 Å². The molecule has 1 aliphatic carbocycles. The van der Waals surface area contributed by atoms with E-state index in [1.54, 1.807) is 0 Å². The van der Waals surface area contributed by atoms with Crippen molar-refractivity contribution in [3.63, 3.8) is 0 Å². The number of carbonyl (C=O) groups is 2. The van der Waals surface area contributed by atoms with Crippen molar-refractivity contribution in [2.45, 2.75) is 51.1 Å². The summed E-state index contributed by atoms with van der Waals surface area (Å²) in [5, 5.41) is 0. The second-order valence-corrected chi connectivity index (χ2v) is 8.42. The van der Waals surface area contributed by atoms with E-state index in [1.807, 2.05) is 28.0 Å². The van der Waals surface area contributed by atoms with Crippen LogP contribution in [0.2, 0.25) is 0 Å². The maximum atomic E-state index is 12.5. The summed E-state index contributed by atoms with van der Waals surface area (Å²) in [6.07, 6.45) is 5.74. The number of rotatable bonds is 4. The number of hydrogen-bond acceptors (Lipinski definition) is 3. The van der Waals surface area contributed by atoms with Gasteiger partial charge in [0.25, 0.3) is 0 Å². The molecule has 3 aliphatic rings. The number of nitrogens with zero attached hydrogens (tertiary/aromatic N) is 2. The van der Waals surface area contributed by atoms with E-state index >= 15 is 0 Å². The zero-order valence-corrected chi connectivity index (χ0v) is 16.6. The van der Waals surface area contributed by atoms with Gasteiger partial charge in [-0.1, -0.05) is 30.3 Å². The van der Waals surface area contributed by atoms with Gasteiger partial charge in [0.2, 0.25) is 11.8 Å². The van der Waals surface area contributed by atoms with Crippen LogP contribution in [0.5, 0.6) is 0 Å². The molecule has 2 heterocycles. The van der Waals surface area contributed by atoms with Gasteiger partial charge in [-0.05, 0) is 49.0 Å². The lowest BCUT2D eigenvalue weighted by Crippen LogP contribution is -2.54. The number of likely N-dealkylation sites (tertiary alicyclic amines) is 2. The van der Waals surface area contributed by atoms with Crippen molar-refractivity contribution in [3.05, 3.63) is 35.9 Å². The molecule has 1 spiro atoms. The zero-order valence-electron chi connectivity index (χ0n) is 15.8. The maximum absolute atomic E-state index is 12.5. The van der Waals surface area contributed by atoms with Crippen LogP contribution < -0.4 is 5.73 Å². The monoisotopic (exact) mass is 391 g/mol. The maximum Gasteiger partial charge on any atom is 0.239 e. The number of amides is 2. The molecule has 0 bridgehead atoms. The molecule has 148 valence electrons. The molecule has 1 saturated carbocycles. The Kier molecular flexibility index (Phi) is 6.11. The Hall–Kier alpha value is -1.59. The van der Waals surface area contributed by atoms with Crippen molar-refractivity contribution in [3.8, 4) is 0 Å². The third-order valence-corrected chi connectivity index (χ3v) is 6.52.